The van der Waals surface area contributed by atoms with Crippen LogP contribution in [0.5, 0.6) is 0 Å². The van der Waals surface area contributed by atoms with Gasteiger partial charge in [-0.25, -0.2) is 4.98 Å². The monoisotopic (exact) mass is 380 g/mol. The molecule has 0 saturated heterocycles. The van der Waals surface area contributed by atoms with E-state index in [1.807, 2.05) is 32.9 Å². The van der Waals surface area contributed by atoms with Crippen LogP contribution in [0.3, 0.4) is 0 Å². The number of primary amides is 1. The number of methoxy groups -OCH3 is 1. The highest BCUT2D eigenvalue weighted by Crippen LogP contribution is 2.07. The van der Waals surface area contributed by atoms with Gasteiger partial charge in [0.25, 0.3) is 0 Å². The fourth-order valence-electron chi connectivity index (χ4n) is 1.96. The molecule has 0 unspecified atom stereocenters. The number of aldehydes is 1. The number of aromatic nitrogens is 1. The Morgan fingerprint density at radius 3 is 2.36 bits per heavy atom. The molecule has 0 bridgehead atoms. The molecule has 0 aliphatic heterocycles. The van der Waals surface area contributed by atoms with Gasteiger partial charge in [0, 0.05) is 19.1 Å². The van der Waals surface area contributed by atoms with Crippen molar-refractivity contribution in [3.05, 3.63) is 65.0 Å². The fraction of sp³-hybridized carbons (Fsp3) is 0.348. The lowest BCUT2D eigenvalue weighted by Gasteiger charge is -2.14. The number of hydrogen-bond acceptors (Lipinski definition) is 4. The SMILES string of the molecule is COC(C)(C)C.NC(=O)c1ccc(CCCC#Cc2cccc(C=O)n2)cc1. The van der Waals surface area contributed by atoms with E-state index in [9.17, 15) is 9.59 Å². The highest BCUT2D eigenvalue weighted by Gasteiger charge is 2.04. The van der Waals surface area contributed by atoms with E-state index in [1.54, 1.807) is 37.4 Å². The Bertz CT molecular complexity index is 825. The maximum Gasteiger partial charge on any atom is 0.248 e. The second-order valence-corrected chi connectivity index (χ2v) is 7.10. The molecular formula is C23H28N2O3. The van der Waals surface area contributed by atoms with Crippen LogP contribution >= 0.6 is 0 Å². The van der Waals surface area contributed by atoms with E-state index in [-0.39, 0.29) is 5.60 Å². The number of aryl methyl sites for hydroxylation is 1. The summed E-state index contributed by atoms with van der Waals surface area (Å²) in [6.07, 6.45) is 3.25. The quantitative estimate of drug-likeness (QED) is 0.486. The van der Waals surface area contributed by atoms with E-state index in [0.717, 1.165) is 24.8 Å². The molecule has 1 aromatic carbocycles. The van der Waals surface area contributed by atoms with Crippen molar-refractivity contribution in [2.45, 2.75) is 45.6 Å². The molecule has 1 aromatic heterocycles. The van der Waals surface area contributed by atoms with Gasteiger partial charge in [-0.15, -0.1) is 0 Å². The molecule has 2 aromatic rings. The maximum atomic E-state index is 11.0. The molecule has 1 heterocycles. The van der Waals surface area contributed by atoms with E-state index in [0.29, 0.717) is 23.2 Å². The molecule has 0 atom stereocenters. The molecule has 28 heavy (non-hydrogen) atoms. The summed E-state index contributed by atoms with van der Waals surface area (Å²) < 4.78 is 4.94. The summed E-state index contributed by atoms with van der Waals surface area (Å²) in [6, 6.07) is 12.5. The number of nitrogens with zero attached hydrogens (tertiary/aromatic N) is 1. The molecule has 5 nitrogen and oxygen atoms in total. The molecule has 5 heteroatoms. The van der Waals surface area contributed by atoms with Crippen molar-refractivity contribution < 1.29 is 14.3 Å². The van der Waals surface area contributed by atoms with Crippen LogP contribution < -0.4 is 5.73 Å². The number of unbranched alkanes of at least 4 members (excludes halogenated alkanes) is 1. The molecule has 0 radical (unpaired) electrons. The smallest absolute Gasteiger partial charge is 0.248 e. The van der Waals surface area contributed by atoms with Gasteiger partial charge in [-0.1, -0.05) is 24.1 Å². The summed E-state index contributed by atoms with van der Waals surface area (Å²) in [5.74, 6) is 5.58. The number of rotatable bonds is 5. The van der Waals surface area contributed by atoms with Gasteiger partial charge in [0.1, 0.15) is 11.4 Å². The highest BCUT2D eigenvalue weighted by atomic mass is 16.5. The van der Waals surface area contributed by atoms with Crippen LogP contribution in [0.2, 0.25) is 0 Å². The number of amides is 1. The number of hydrogen-bond donors (Lipinski definition) is 1. The Labute approximate surface area is 167 Å². The minimum Gasteiger partial charge on any atom is -0.379 e. The molecule has 0 aliphatic rings. The number of pyridine rings is 1. The normalized spacial score (nSPS) is 10.1. The van der Waals surface area contributed by atoms with Gasteiger partial charge in [-0.05, 0) is 69.4 Å². The molecule has 1 amide bonds. The first kappa shape index (κ1) is 23.1. The van der Waals surface area contributed by atoms with Gasteiger partial charge < -0.3 is 10.5 Å². The summed E-state index contributed by atoms with van der Waals surface area (Å²) in [5.41, 5.74) is 7.90. The van der Waals surface area contributed by atoms with Crippen LogP contribution in [0, 0.1) is 11.8 Å². The highest BCUT2D eigenvalue weighted by molar-refractivity contribution is 5.92. The topological polar surface area (TPSA) is 82.3 Å². The van der Waals surface area contributed by atoms with Gasteiger partial charge in [-0.2, -0.15) is 0 Å². The van der Waals surface area contributed by atoms with Crippen molar-refractivity contribution in [2.24, 2.45) is 5.73 Å². The molecule has 2 N–H and O–H groups in total. The number of benzene rings is 1. The molecule has 0 aliphatic carbocycles. The molecule has 2 rings (SSSR count). The number of carbonyl (C=O) groups is 2. The van der Waals surface area contributed by atoms with Crippen molar-refractivity contribution in [1.29, 1.82) is 0 Å². The minimum absolute atomic E-state index is 0.0417. The average Bonchev–Trinajstić information content (AvgIpc) is 2.68. The van der Waals surface area contributed by atoms with E-state index in [1.165, 1.54) is 0 Å². The predicted octanol–water partition coefficient (Wildman–Crippen LogP) is 3.80. The van der Waals surface area contributed by atoms with E-state index >= 15 is 0 Å². The Hall–Kier alpha value is -2.97. The lowest BCUT2D eigenvalue weighted by Crippen LogP contribution is -2.15. The first-order valence-corrected chi connectivity index (χ1v) is 9.10. The summed E-state index contributed by atoms with van der Waals surface area (Å²) >= 11 is 0. The summed E-state index contributed by atoms with van der Waals surface area (Å²) in [5, 5.41) is 0. The maximum absolute atomic E-state index is 11.0. The Morgan fingerprint density at radius 1 is 1.18 bits per heavy atom. The van der Waals surface area contributed by atoms with Crippen molar-refractivity contribution in [2.75, 3.05) is 7.11 Å². The Balaban J connectivity index is 0.000000568. The largest absolute Gasteiger partial charge is 0.379 e. The molecule has 0 saturated carbocycles. The molecular weight excluding hydrogens is 352 g/mol. The van der Waals surface area contributed by atoms with Crippen LogP contribution in [0.25, 0.3) is 0 Å². The summed E-state index contributed by atoms with van der Waals surface area (Å²) in [7, 11) is 1.71. The van der Waals surface area contributed by atoms with Gasteiger partial charge in [-0.3, -0.25) is 9.59 Å². The van der Waals surface area contributed by atoms with Crippen molar-refractivity contribution in [1.82, 2.24) is 4.98 Å². The number of nitrogens with two attached hydrogens (primary N) is 1. The predicted molar refractivity (Wildman–Crippen MR) is 111 cm³/mol. The fourth-order valence-corrected chi connectivity index (χ4v) is 1.96. The second-order valence-electron chi connectivity index (χ2n) is 7.10. The third-order valence-electron chi connectivity index (χ3n) is 3.73. The number of ether oxygens (including phenoxy) is 1. The number of carbonyl (C=O) groups excluding carboxylic acids is 2. The van der Waals surface area contributed by atoms with Gasteiger partial charge >= 0.3 is 0 Å². The van der Waals surface area contributed by atoms with E-state index < -0.39 is 5.91 Å². The minimum atomic E-state index is -0.414. The summed E-state index contributed by atoms with van der Waals surface area (Å²) in [4.78, 5) is 25.7. The van der Waals surface area contributed by atoms with Crippen molar-refractivity contribution in [3.63, 3.8) is 0 Å². The van der Waals surface area contributed by atoms with Crippen LogP contribution in [0.1, 0.15) is 65.7 Å². The van der Waals surface area contributed by atoms with Crippen molar-refractivity contribution >= 4 is 12.2 Å². The van der Waals surface area contributed by atoms with Crippen LogP contribution in [-0.2, 0) is 11.2 Å². The lowest BCUT2D eigenvalue weighted by molar-refractivity contribution is 0.0397. The van der Waals surface area contributed by atoms with Gasteiger partial charge in [0.2, 0.25) is 5.91 Å². The zero-order valence-corrected chi connectivity index (χ0v) is 17.0. The second kappa shape index (κ2) is 11.7. The average molecular weight is 380 g/mol. The summed E-state index contributed by atoms with van der Waals surface area (Å²) in [6.45, 7) is 6.06. The molecule has 0 fully saturated rings. The Morgan fingerprint density at radius 2 is 1.82 bits per heavy atom. The van der Waals surface area contributed by atoms with E-state index in [4.69, 9.17) is 10.5 Å². The lowest BCUT2D eigenvalue weighted by atomic mass is 10.1. The zero-order chi connectivity index (χ0) is 21.0. The van der Waals surface area contributed by atoms with Crippen LogP contribution in [-0.4, -0.2) is 29.9 Å². The zero-order valence-electron chi connectivity index (χ0n) is 17.0. The van der Waals surface area contributed by atoms with E-state index in [2.05, 4.69) is 16.8 Å². The van der Waals surface area contributed by atoms with Crippen LogP contribution in [0.4, 0.5) is 0 Å². The van der Waals surface area contributed by atoms with Crippen LogP contribution in [0.15, 0.2) is 42.5 Å². The third-order valence-corrected chi connectivity index (χ3v) is 3.73. The standard InChI is InChI=1S/C18H16N2O2.C5H12O/c19-18(22)15-11-9-14(10-12-15)5-2-1-3-6-16-7-4-8-17(13-21)20-16;1-5(2,3)6-4/h4,7-13H,1-2,5H2,(H2,19,22);1-4H3. The van der Waals surface area contributed by atoms with Gasteiger partial charge in [0.15, 0.2) is 6.29 Å². The third kappa shape index (κ3) is 9.65. The first-order chi connectivity index (χ1) is 13.2. The first-order valence-electron chi connectivity index (χ1n) is 9.10. The van der Waals surface area contributed by atoms with Gasteiger partial charge in [0.05, 0.1) is 5.60 Å². The van der Waals surface area contributed by atoms with Crippen molar-refractivity contribution in [3.8, 4) is 11.8 Å². The molecule has 148 valence electrons. The Kier molecular flexibility index (Phi) is 9.63. The molecule has 0 spiro atoms.